The Hall–Kier alpha value is -1.98. The van der Waals surface area contributed by atoms with Crippen LogP contribution in [0, 0.1) is 5.82 Å². The van der Waals surface area contributed by atoms with Crippen molar-refractivity contribution in [1.82, 2.24) is 0 Å². The minimum Gasteiger partial charge on any atom is -0.489 e. The van der Waals surface area contributed by atoms with Crippen molar-refractivity contribution < 1.29 is 27.0 Å². The molecule has 0 amide bonds. The van der Waals surface area contributed by atoms with Crippen LogP contribution in [0.5, 0.6) is 11.5 Å². The van der Waals surface area contributed by atoms with E-state index >= 15 is 0 Å². The zero-order valence-corrected chi connectivity index (χ0v) is 9.21. The lowest BCUT2D eigenvalue weighted by Gasteiger charge is -2.07. The minimum absolute atomic E-state index is 0.0358. The quantitative estimate of drug-likeness (QED) is 0.725. The Labute approximate surface area is 101 Å². The first-order chi connectivity index (χ1) is 8.63. The Morgan fingerprint density at radius 3 is 2.56 bits per heavy atom. The molecule has 1 rings (SSSR count). The maximum absolute atomic E-state index is 13.4. The van der Waals surface area contributed by atoms with Crippen LogP contribution < -0.4 is 9.47 Å². The standard InChI is InChI=1S/C12H10F4O2/c13-5-1-6-17-9-2-3-11(10(14)8-9)18-7-4-12(15)16/h1-5,8H,6-7H2/b5-1+. The summed E-state index contributed by atoms with van der Waals surface area (Å²) in [5.41, 5.74) is 0. The van der Waals surface area contributed by atoms with Crippen molar-refractivity contribution in [3.05, 3.63) is 48.6 Å². The largest absolute Gasteiger partial charge is 0.489 e. The Kier molecular flexibility index (Phi) is 5.76. The van der Waals surface area contributed by atoms with Crippen molar-refractivity contribution in [2.75, 3.05) is 13.2 Å². The predicted octanol–water partition coefficient (Wildman–Crippen LogP) is 3.85. The summed E-state index contributed by atoms with van der Waals surface area (Å²) < 4.78 is 58.1. The molecule has 6 heteroatoms. The highest BCUT2D eigenvalue weighted by Crippen LogP contribution is 2.22. The van der Waals surface area contributed by atoms with Gasteiger partial charge in [0.15, 0.2) is 11.6 Å². The Morgan fingerprint density at radius 1 is 1.17 bits per heavy atom. The van der Waals surface area contributed by atoms with Crippen molar-refractivity contribution in [3.8, 4) is 11.5 Å². The first-order valence-electron chi connectivity index (χ1n) is 4.95. The van der Waals surface area contributed by atoms with Gasteiger partial charge in [0.1, 0.15) is 19.0 Å². The summed E-state index contributed by atoms with van der Waals surface area (Å²) >= 11 is 0. The molecular weight excluding hydrogens is 252 g/mol. The van der Waals surface area contributed by atoms with Gasteiger partial charge in [-0.2, -0.15) is 8.78 Å². The molecule has 0 heterocycles. The predicted molar refractivity (Wildman–Crippen MR) is 57.9 cm³/mol. The molecule has 18 heavy (non-hydrogen) atoms. The number of hydrogen-bond acceptors (Lipinski definition) is 2. The maximum Gasteiger partial charge on any atom is 0.269 e. The molecule has 0 bridgehead atoms. The molecule has 0 saturated heterocycles. The molecule has 0 radical (unpaired) electrons. The summed E-state index contributed by atoms with van der Waals surface area (Å²) in [6, 6.07) is 3.66. The van der Waals surface area contributed by atoms with Crippen molar-refractivity contribution in [3.63, 3.8) is 0 Å². The van der Waals surface area contributed by atoms with Gasteiger partial charge in [0.05, 0.1) is 6.33 Å². The van der Waals surface area contributed by atoms with Crippen LogP contribution in [0.25, 0.3) is 0 Å². The first kappa shape index (κ1) is 14.1. The molecule has 1 aromatic rings. The van der Waals surface area contributed by atoms with E-state index in [0.29, 0.717) is 12.4 Å². The molecule has 0 aliphatic rings. The fourth-order valence-electron chi connectivity index (χ4n) is 1.06. The third-order valence-corrected chi connectivity index (χ3v) is 1.82. The van der Waals surface area contributed by atoms with Crippen LogP contribution in [-0.2, 0) is 0 Å². The molecular formula is C12H10F4O2. The van der Waals surface area contributed by atoms with Gasteiger partial charge in [-0.15, -0.1) is 0 Å². The molecule has 2 nitrogen and oxygen atoms in total. The zero-order valence-electron chi connectivity index (χ0n) is 9.21. The topological polar surface area (TPSA) is 18.5 Å². The third kappa shape index (κ3) is 4.90. The van der Waals surface area contributed by atoms with E-state index in [1.54, 1.807) is 0 Å². The number of halogens is 4. The van der Waals surface area contributed by atoms with Crippen LogP contribution in [0.1, 0.15) is 0 Å². The van der Waals surface area contributed by atoms with Gasteiger partial charge in [-0.05, 0) is 18.2 Å². The average Bonchev–Trinajstić information content (AvgIpc) is 2.32. The lowest BCUT2D eigenvalue weighted by molar-refractivity contribution is 0.323. The molecule has 0 unspecified atom stereocenters. The summed E-state index contributed by atoms with van der Waals surface area (Å²) in [6.45, 7) is -0.462. The highest BCUT2D eigenvalue weighted by Gasteiger charge is 2.05. The van der Waals surface area contributed by atoms with E-state index in [4.69, 9.17) is 9.47 Å². The molecule has 1 aromatic carbocycles. The molecule has 0 atom stereocenters. The van der Waals surface area contributed by atoms with Gasteiger partial charge < -0.3 is 9.47 Å². The Bertz CT molecular complexity index is 440. The van der Waals surface area contributed by atoms with Crippen molar-refractivity contribution in [1.29, 1.82) is 0 Å². The van der Waals surface area contributed by atoms with Gasteiger partial charge in [0.2, 0.25) is 0 Å². The van der Waals surface area contributed by atoms with E-state index in [1.165, 1.54) is 12.1 Å². The molecule has 0 saturated carbocycles. The summed E-state index contributed by atoms with van der Waals surface area (Å²) in [4.78, 5) is 0. The molecule has 0 fully saturated rings. The van der Waals surface area contributed by atoms with Crippen LogP contribution in [0.2, 0.25) is 0 Å². The van der Waals surface area contributed by atoms with Crippen LogP contribution in [0.3, 0.4) is 0 Å². The Balaban J connectivity index is 2.59. The maximum atomic E-state index is 13.4. The van der Waals surface area contributed by atoms with Gasteiger partial charge >= 0.3 is 0 Å². The summed E-state index contributed by atoms with van der Waals surface area (Å²) in [6.07, 6.45) is 0.0481. The lowest BCUT2D eigenvalue weighted by atomic mass is 10.3. The van der Waals surface area contributed by atoms with E-state index < -0.39 is 18.5 Å². The highest BCUT2D eigenvalue weighted by atomic mass is 19.3. The van der Waals surface area contributed by atoms with E-state index in [9.17, 15) is 17.6 Å². The molecule has 0 N–H and O–H groups in total. The molecule has 98 valence electrons. The van der Waals surface area contributed by atoms with Crippen LogP contribution >= 0.6 is 0 Å². The third-order valence-electron chi connectivity index (χ3n) is 1.82. The minimum atomic E-state index is -1.90. The van der Waals surface area contributed by atoms with E-state index in [2.05, 4.69) is 0 Å². The summed E-state index contributed by atoms with van der Waals surface area (Å²) in [5.74, 6) is -0.726. The second kappa shape index (κ2) is 7.37. The van der Waals surface area contributed by atoms with Gasteiger partial charge in [-0.3, -0.25) is 0 Å². The highest BCUT2D eigenvalue weighted by molar-refractivity contribution is 5.33. The number of hydrogen-bond donors (Lipinski definition) is 0. The van der Waals surface area contributed by atoms with Gasteiger partial charge in [-0.1, -0.05) is 0 Å². The number of rotatable bonds is 6. The summed E-state index contributed by atoms with van der Waals surface area (Å²) in [7, 11) is 0. The van der Waals surface area contributed by atoms with Gasteiger partial charge in [-0.25, -0.2) is 8.78 Å². The zero-order chi connectivity index (χ0) is 13.4. The normalized spacial score (nSPS) is 10.4. The smallest absolute Gasteiger partial charge is 0.269 e. The molecule has 0 aliphatic heterocycles. The van der Waals surface area contributed by atoms with Crippen LogP contribution in [0.15, 0.2) is 42.8 Å². The van der Waals surface area contributed by atoms with E-state index in [1.807, 2.05) is 0 Å². The van der Waals surface area contributed by atoms with Crippen molar-refractivity contribution in [2.45, 2.75) is 0 Å². The van der Waals surface area contributed by atoms with Crippen LogP contribution in [0.4, 0.5) is 17.6 Å². The van der Waals surface area contributed by atoms with Gasteiger partial charge in [0, 0.05) is 12.1 Å². The molecule has 0 spiro atoms. The second-order valence-corrected chi connectivity index (χ2v) is 3.07. The second-order valence-electron chi connectivity index (χ2n) is 3.07. The molecule has 0 aromatic heterocycles. The van der Waals surface area contributed by atoms with E-state index in [-0.39, 0.29) is 18.1 Å². The fourth-order valence-corrected chi connectivity index (χ4v) is 1.06. The average molecular weight is 262 g/mol. The van der Waals surface area contributed by atoms with Crippen LogP contribution in [-0.4, -0.2) is 13.2 Å². The van der Waals surface area contributed by atoms with E-state index in [0.717, 1.165) is 12.1 Å². The SMILES string of the molecule is F/C=C/COc1ccc(OCC=C(F)F)c(F)c1. The van der Waals surface area contributed by atoms with Gasteiger partial charge in [0.25, 0.3) is 6.08 Å². The number of benzene rings is 1. The summed E-state index contributed by atoms with van der Waals surface area (Å²) in [5, 5.41) is 0. The lowest BCUT2D eigenvalue weighted by Crippen LogP contribution is -1.98. The molecule has 0 aliphatic carbocycles. The number of ether oxygens (including phenoxy) is 2. The first-order valence-corrected chi connectivity index (χ1v) is 4.95. The fraction of sp³-hybridized carbons (Fsp3) is 0.167. The monoisotopic (exact) mass is 262 g/mol. The van der Waals surface area contributed by atoms with Crippen molar-refractivity contribution in [2.24, 2.45) is 0 Å². The van der Waals surface area contributed by atoms with Crippen molar-refractivity contribution >= 4 is 0 Å². The Morgan fingerprint density at radius 2 is 1.94 bits per heavy atom.